The van der Waals surface area contributed by atoms with Gasteiger partial charge in [0.2, 0.25) is 11.5 Å². The minimum atomic E-state index is -0.288. The van der Waals surface area contributed by atoms with Crippen molar-refractivity contribution in [1.82, 2.24) is 9.55 Å². The number of amides is 1. The summed E-state index contributed by atoms with van der Waals surface area (Å²) in [7, 11) is 1.61. The molecule has 2 heterocycles. The fraction of sp³-hybridized carbons (Fsp3) is 0.179. The highest BCUT2D eigenvalue weighted by Gasteiger charge is 2.19. The molecule has 0 radical (unpaired) electrons. The lowest BCUT2D eigenvalue weighted by Crippen LogP contribution is -2.24. The Morgan fingerprint density at radius 2 is 1.86 bits per heavy atom. The normalized spacial score (nSPS) is 11.2. The van der Waals surface area contributed by atoms with Gasteiger partial charge < -0.3 is 14.5 Å². The van der Waals surface area contributed by atoms with Gasteiger partial charge in [0.1, 0.15) is 16.8 Å². The topological polar surface area (TPSA) is 86.4 Å². The average molecular weight is 500 g/mol. The minimum Gasteiger partial charge on any atom is -0.497 e. The van der Waals surface area contributed by atoms with Crippen LogP contribution in [-0.2, 0) is 11.3 Å². The highest BCUT2D eigenvalue weighted by atomic mass is 32.2. The van der Waals surface area contributed by atoms with Gasteiger partial charge in [-0.1, -0.05) is 48.2 Å². The lowest BCUT2D eigenvalue weighted by molar-refractivity contribution is -0.113. The van der Waals surface area contributed by atoms with Gasteiger partial charge in [-0.05, 0) is 60.9 Å². The smallest absolute Gasteiger partial charge is 0.298 e. The van der Waals surface area contributed by atoms with Crippen molar-refractivity contribution in [3.8, 4) is 5.75 Å². The van der Waals surface area contributed by atoms with Gasteiger partial charge >= 0.3 is 0 Å². The molecule has 36 heavy (non-hydrogen) atoms. The van der Waals surface area contributed by atoms with Crippen LogP contribution in [0.1, 0.15) is 16.7 Å². The van der Waals surface area contributed by atoms with Crippen LogP contribution in [0.5, 0.6) is 5.75 Å². The Hall–Kier alpha value is -4.04. The first-order valence-corrected chi connectivity index (χ1v) is 12.5. The molecule has 0 atom stereocenters. The molecule has 0 spiro atoms. The highest BCUT2D eigenvalue weighted by molar-refractivity contribution is 7.99. The van der Waals surface area contributed by atoms with Crippen LogP contribution >= 0.6 is 11.8 Å². The zero-order valence-corrected chi connectivity index (χ0v) is 21.0. The molecule has 0 unspecified atom stereocenters. The zero-order chi connectivity index (χ0) is 25.2. The number of benzene rings is 3. The number of carbonyl (C=O) groups is 1. The van der Waals surface area contributed by atoms with Crippen molar-refractivity contribution < 1.29 is 13.9 Å². The van der Waals surface area contributed by atoms with Gasteiger partial charge in [-0.15, -0.1) is 0 Å². The van der Waals surface area contributed by atoms with Crippen molar-refractivity contribution in [2.24, 2.45) is 0 Å². The number of furan rings is 1. The molecule has 1 amide bonds. The summed E-state index contributed by atoms with van der Waals surface area (Å²) >= 11 is 1.23. The first-order chi connectivity index (χ1) is 17.4. The molecule has 8 heteroatoms. The number of rotatable bonds is 7. The molecule has 5 rings (SSSR count). The fourth-order valence-corrected chi connectivity index (χ4v) is 4.79. The van der Waals surface area contributed by atoms with Crippen LogP contribution in [0.2, 0.25) is 0 Å². The van der Waals surface area contributed by atoms with Gasteiger partial charge in [0.05, 0.1) is 19.4 Å². The van der Waals surface area contributed by atoms with Gasteiger partial charge in [0.25, 0.3) is 5.56 Å². The van der Waals surface area contributed by atoms with E-state index in [2.05, 4.69) is 5.32 Å². The molecule has 0 aliphatic rings. The molecule has 0 saturated heterocycles. The van der Waals surface area contributed by atoms with Gasteiger partial charge in [0.15, 0.2) is 5.16 Å². The quantitative estimate of drug-likeness (QED) is 0.234. The SMILES string of the molecule is COc1ccc(Cn2c(SCC(=O)Nc3cc(C)ccc3C)nc3c(oc4ccccc43)c2=O)cc1. The fourth-order valence-electron chi connectivity index (χ4n) is 4.00. The van der Waals surface area contributed by atoms with Crippen LogP contribution in [0.4, 0.5) is 5.69 Å². The number of para-hydroxylation sites is 1. The minimum absolute atomic E-state index is 0.101. The standard InChI is InChI=1S/C28H25N3O4S/c1-17-8-9-18(2)22(14-17)29-24(32)16-36-28-30-25-21-6-4-5-7-23(21)35-26(25)27(33)31(28)15-19-10-12-20(34-3)13-11-19/h4-14H,15-16H2,1-3H3,(H,29,32). The van der Waals surface area contributed by atoms with Crippen molar-refractivity contribution in [2.75, 3.05) is 18.2 Å². The van der Waals surface area contributed by atoms with E-state index >= 15 is 0 Å². The highest BCUT2D eigenvalue weighted by Crippen LogP contribution is 2.28. The van der Waals surface area contributed by atoms with Crippen molar-refractivity contribution in [1.29, 1.82) is 0 Å². The number of fused-ring (bicyclic) bond motifs is 3. The van der Waals surface area contributed by atoms with E-state index in [-0.39, 0.29) is 29.3 Å². The maximum Gasteiger partial charge on any atom is 0.298 e. The van der Waals surface area contributed by atoms with E-state index < -0.39 is 0 Å². The Balaban J connectivity index is 1.50. The number of anilines is 1. The average Bonchev–Trinajstić information content (AvgIpc) is 3.26. The molecule has 182 valence electrons. The van der Waals surface area contributed by atoms with Crippen LogP contribution in [-0.4, -0.2) is 28.3 Å². The summed E-state index contributed by atoms with van der Waals surface area (Å²) in [6.45, 7) is 4.22. The zero-order valence-electron chi connectivity index (χ0n) is 20.2. The van der Waals surface area contributed by atoms with Crippen LogP contribution in [0.25, 0.3) is 22.1 Å². The van der Waals surface area contributed by atoms with E-state index in [9.17, 15) is 9.59 Å². The van der Waals surface area contributed by atoms with Crippen molar-refractivity contribution >= 4 is 45.4 Å². The van der Waals surface area contributed by atoms with Crippen molar-refractivity contribution in [3.63, 3.8) is 0 Å². The van der Waals surface area contributed by atoms with Crippen LogP contribution in [0.3, 0.4) is 0 Å². The lowest BCUT2D eigenvalue weighted by Gasteiger charge is -2.13. The van der Waals surface area contributed by atoms with Crippen LogP contribution < -0.4 is 15.6 Å². The van der Waals surface area contributed by atoms with E-state index in [1.54, 1.807) is 11.7 Å². The van der Waals surface area contributed by atoms with Crippen LogP contribution in [0.15, 0.2) is 81.1 Å². The predicted molar refractivity (Wildman–Crippen MR) is 143 cm³/mol. The third-order valence-electron chi connectivity index (χ3n) is 5.95. The lowest BCUT2D eigenvalue weighted by atomic mass is 10.1. The summed E-state index contributed by atoms with van der Waals surface area (Å²) in [6.07, 6.45) is 0. The Morgan fingerprint density at radius 1 is 1.08 bits per heavy atom. The molecule has 0 saturated carbocycles. The number of thioether (sulfide) groups is 1. The molecule has 0 fully saturated rings. The summed E-state index contributed by atoms with van der Waals surface area (Å²) < 4.78 is 12.7. The van der Waals surface area contributed by atoms with Crippen molar-refractivity contribution in [2.45, 2.75) is 25.5 Å². The molecule has 0 aliphatic carbocycles. The van der Waals surface area contributed by atoms with E-state index in [0.717, 1.165) is 33.5 Å². The molecule has 0 bridgehead atoms. The van der Waals surface area contributed by atoms with Gasteiger partial charge in [-0.3, -0.25) is 14.2 Å². The molecule has 2 aromatic heterocycles. The van der Waals surface area contributed by atoms with E-state index in [0.29, 0.717) is 16.3 Å². The van der Waals surface area contributed by atoms with E-state index in [1.807, 2.05) is 80.6 Å². The first kappa shape index (κ1) is 23.7. The number of ether oxygens (including phenoxy) is 1. The second-order valence-electron chi connectivity index (χ2n) is 8.56. The number of hydrogen-bond acceptors (Lipinski definition) is 6. The number of aromatic nitrogens is 2. The van der Waals surface area contributed by atoms with Gasteiger partial charge in [-0.2, -0.15) is 0 Å². The predicted octanol–water partition coefficient (Wildman–Crippen LogP) is 5.55. The molecular formula is C28H25N3O4S. The summed E-state index contributed by atoms with van der Waals surface area (Å²) in [5.41, 5.74) is 4.74. The molecular weight excluding hydrogens is 474 g/mol. The summed E-state index contributed by atoms with van der Waals surface area (Å²) in [4.78, 5) is 31.2. The van der Waals surface area contributed by atoms with Gasteiger partial charge in [0, 0.05) is 11.1 Å². The number of methoxy groups -OCH3 is 1. The molecule has 7 nitrogen and oxygen atoms in total. The Bertz CT molecular complexity index is 1640. The second-order valence-corrected chi connectivity index (χ2v) is 9.51. The summed E-state index contributed by atoms with van der Waals surface area (Å²) in [5.74, 6) is 0.662. The number of carbonyl (C=O) groups excluding carboxylic acids is 1. The maximum absolute atomic E-state index is 13.6. The van der Waals surface area contributed by atoms with Crippen molar-refractivity contribution in [3.05, 3.63) is 93.8 Å². The third-order valence-corrected chi connectivity index (χ3v) is 6.92. The molecule has 0 aliphatic heterocycles. The Kier molecular flexibility index (Phi) is 6.52. The van der Waals surface area contributed by atoms with Crippen LogP contribution in [0, 0.1) is 13.8 Å². The number of nitrogens with one attached hydrogen (secondary N) is 1. The third kappa shape index (κ3) is 4.72. The number of aryl methyl sites for hydroxylation is 2. The second kappa shape index (κ2) is 9.91. The maximum atomic E-state index is 13.6. The number of nitrogens with zero attached hydrogens (tertiary/aromatic N) is 2. The summed E-state index contributed by atoms with van der Waals surface area (Å²) in [6, 6.07) is 20.8. The molecule has 5 aromatic rings. The Morgan fingerprint density at radius 3 is 2.64 bits per heavy atom. The van der Waals surface area contributed by atoms with E-state index in [4.69, 9.17) is 14.1 Å². The van der Waals surface area contributed by atoms with E-state index in [1.165, 1.54) is 11.8 Å². The van der Waals surface area contributed by atoms with Gasteiger partial charge in [-0.25, -0.2) is 4.98 Å². The first-order valence-electron chi connectivity index (χ1n) is 11.5. The summed E-state index contributed by atoms with van der Waals surface area (Å²) in [5, 5.41) is 4.19. The monoisotopic (exact) mass is 499 g/mol. The number of hydrogen-bond donors (Lipinski definition) is 1. The largest absolute Gasteiger partial charge is 0.497 e. The molecule has 1 N–H and O–H groups in total. The Labute approximate surface area is 212 Å². The molecule has 3 aromatic carbocycles.